The Morgan fingerprint density at radius 2 is 0.946 bits per heavy atom. The van der Waals surface area contributed by atoms with Crippen molar-refractivity contribution in [1.82, 2.24) is 0 Å². The maximum atomic E-state index is 12.8. The fourth-order valence-corrected chi connectivity index (χ4v) is 7.18. The van der Waals surface area contributed by atoms with Crippen LogP contribution in [0.4, 0.5) is 0 Å². The van der Waals surface area contributed by atoms with E-state index in [1.54, 1.807) is 0 Å². The summed E-state index contributed by atoms with van der Waals surface area (Å²) in [4.78, 5) is 25.3. The molecule has 1 saturated heterocycles. The Morgan fingerprint density at radius 1 is 0.536 bits per heavy atom. The lowest BCUT2D eigenvalue weighted by Gasteiger charge is -2.39. The average Bonchev–Trinajstić information content (AvgIpc) is 3.19. The van der Waals surface area contributed by atoms with Gasteiger partial charge in [0.25, 0.3) is 0 Å². The SMILES string of the molecule is CCCCCCCCCC/C=C\CCCCCCCCCCCC(=O)OC(COC(=O)CCCCCCCCCCCC)COC1OC(CO)C(O)C(O)C1O. The number of ether oxygens (including phenoxy) is 4. The topological polar surface area (TPSA) is 152 Å². The summed E-state index contributed by atoms with van der Waals surface area (Å²) in [5.74, 6) is -0.801. The molecule has 0 aromatic carbocycles. The van der Waals surface area contributed by atoms with Gasteiger partial charge in [-0.3, -0.25) is 9.59 Å². The van der Waals surface area contributed by atoms with Crippen molar-refractivity contribution >= 4 is 11.9 Å². The Kier molecular flexibility index (Phi) is 35.3. The van der Waals surface area contributed by atoms with Crippen LogP contribution in [0.15, 0.2) is 12.2 Å². The van der Waals surface area contributed by atoms with Crippen molar-refractivity contribution < 1.29 is 49.0 Å². The molecule has 56 heavy (non-hydrogen) atoms. The summed E-state index contributed by atoms with van der Waals surface area (Å²) < 4.78 is 22.1. The molecule has 10 nitrogen and oxygen atoms in total. The highest BCUT2D eigenvalue weighted by molar-refractivity contribution is 5.70. The molecule has 0 radical (unpaired) electrons. The van der Waals surface area contributed by atoms with E-state index in [-0.39, 0.29) is 32.0 Å². The van der Waals surface area contributed by atoms with Crippen LogP contribution in [-0.2, 0) is 28.5 Å². The van der Waals surface area contributed by atoms with Gasteiger partial charge in [-0.2, -0.15) is 0 Å². The fraction of sp³-hybridized carbons (Fsp3) is 0.913. The number of aliphatic hydroxyl groups excluding tert-OH is 4. The van der Waals surface area contributed by atoms with E-state index in [0.29, 0.717) is 6.42 Å². The second-order valence-electron chi connectivity index (χ2n) is 16.2. The first-order chi connectivity index (χ1) is 27.3. The second kappa shape index (κ2) is 37.7. The fourth-order valence-electron chi connectivity index (χ4n) is 7.18. The maximum Gasteiger partial charge on any atom is 0.306 e. The molecule has 0 saturated carbocycles. The number of hydrogen-bond acceptors (Lipinski definition) is 10. The molecule has 4 N–H and O–H groups in total. The van der Waals surface area contributed by atoms with Gasteiger partial charge in [-0.15, -0.1) is 0 Å². The molecule has 1 heterocycles. The molecule has 0 amide bonds. The van der Waals surface area contributed by atoms with E-state index in [2.05, 4.69) is 26.0 Å². The van der Waals surface area contributed by atoms with E-state index in [9.17, 15) is 30.0 Å². The number of esters is 2. The van der Waals surface area contributed by atoms with E-state index in [1.165, 1.54) is 141 Å². The smallest absolute Gasteiger partial charge is 0.306 e. The standard InChI is InChI=1S/C46H86O10/c1-3-5-7-9-11-13-15-16-17-18-19-20-21-22-23-24-25-27-29-31-33-35-42(49)55-39(38-54-46-45(52)44(51)43(50)40(36-47)56-46)37-53-41(48)34-32-30-28-26-14-12-10-8-6-4-2/h18-19,39-40,43-47,50-52H,3-17,20-38H2,1-2H3/b19-18-. The highest BCUT2D eigenvalue weighted by Gasteiger charge is 2.44. The summed E-state index contributed by atoms with van der Waals surface area (Å²) >= 11 is 0. The Hall–Kier alpha value is -1.56. The Bertz CT molecular complexity index is 928. The molecular weight excluding hydrogens is 712 g/mol. The third-order valence-electron chi connectivity index (χ3n) is 10.9. The van der Waals surface area contributed by atoms with Gasteiger partial charge in [-0.25, -0.2) is 0 Å². The first-order valence-corrected chi connectivity index (χ1v) is 23.3. The van der Waals surface area contributed by atoms with Crippen molar-refractivity contribution in [3.05, 3.63) is 12.2 Å². The van der Waals surface area contributed by atoms with E-state index < -0.39 is 49.4 Å². The Balaban J connectivity index is 2.26. The minimum atomic E-state index is -1.59. The zero-order valence-electron chi connectivity index (χ0n) is 35.9. The van der Waals surface area contributed by atoms with Crippen LogP contribution in [-0.4, -0.2) is 89.0 Å². The number of rotatable bonds is 39. The van der Waals surface area contributed by atoms with Crippen molar-refractivity contribution in [3.63, 3.8) is 0 Å². The van der Waals surface area contributed by atoms with Gasteiger partial charge in [-0.05, 0) is 38.5 Å². The minimum absolute atomic E-state index is 0.213. The number of allylic oxidation sites excluding steroid dienone is 2. The predicted octanol–water partition coefficient (Wildman–Crippen LogP) is 9.95. The van der Waals surface area contributed by atoms with Gasteiger partial charge in [0.05, 0.1) is 13.2 Å². The van der Waals surface area contributed by atoms with Crippen molar-refractivity contribution in [2.75, 3.05) is 19.8 Å². The van der Waals surface area contributed by atoms with Crippen molar-refractivity contribution in [3.8, 4) is 0 Å². The van der Waals surface area contributed by atoms with Gasteiger partial charge in [0.1, 0.15) is 31.0 Å². The highest BCUT2D eigenvalue weighted by Crippen LogP contribution is 2.23. The zero-order valence-corrected chi connectivity index (χ0v) is 35.9. The summed E-state index contributed by atoms with van der Waals surface area (Å²) in [5.41, 5.74) is 0. The first-order valence-electron chi connectivity index (χ1n) is 23.3. The zero-order chi connectivity index (χ0) is 40.9. The highest BCUT2D eigenvalue weighted by atomic mass is 16.7. The summed E-state index contributed by atoms with van der Waals surface area (Å²) in [6.07, 6.45) is 32.3. The van der Waals surface area contributed by atoms with Crippen molar-refractivity contribution in [2.24, 2.45) is 0 Å². The first kappa shape index (κ1) is 52.5. The van der Waals surface area contributed by atoms with Crippen LogP contribution in [0.25, 0.3) is 0 Å². The monoisotopic (exact) mass is 799 g/mol. The number of carbonyl (C=O) groups excluding carboxylic acids is 2. The number of hydrogen-bond donors (Lipinski definition) is 4. The molecule has 6 atom stereocenters. The molecule has 0 aliphatic carbocycles. The maximum absolute atomic E-state index is 12.8. The van der Waals surface area contributed by atoms with Gasteiger partial charge in [0.2, 0.25) is 0 Å². The van der Waals surface area contributed by atoms with Gasteiger partial charge in [-0.1, -0.05) is 174 Å². The van der Waals surface area contributed by atoms with Crippen molar-refractivity contribution in [2.45, 2.75) is 250 Å². The molecule has 1 rings (SSSR count). The number of unbranched alkanes of at least 4 members (excludes halogenated alkanes) is 26. The van der Waals surface area contributed by atoms with Crippen LogP contribution in [0.5, 0.6) is 0 Å². The summed E-state index contributed by atoms with van der Waals surface area (Å²) in [6.45, 7) is 3.42. The van der Waals surface area contributed by atoms with Crippen LogP contribution in [0.3, 0.4) is 0 Å². The molecule has 330 valence electrons. The second-order valence-corrected chi connectivity index (χ2v) is 16.2. The molecule has 0 spiro atoms. The molecular formula is C46H86O10. The molecule has 0 aromatic heterocycles. The molecule has 6 unspecified atom stereocenters. The molecule has 0 aromatic rings. The third kappa shape index (κ3) is 28.8. The third-order valence-corrected chi connectivity index (χ3v) is 10.9. The van der Waals surface area contributed by atoms with Crippen LogP contribution in [0.1, 0.15) is 213 Å². The summed E-state index contributed by atoms with van der Waals surface area (Å²) in [7, 11) is 0. The van der Waals surface area contributed by atoms with Crippen LogP contribution >= 0.6 is 0 Å². The van der Waals surface area contributed by atoms with E-state index >= 15 is 0 Å². The van der Waals surface area contributed by atoms with Gasteiger partial charge >= 0.3 is 11.9 Å². The van der Waals surface area contributed by atoms with Crippen molar-refractivity contribution in [1.29, 1.82) is 0 Å². The summed E-state index contributed by atoms with van der Waals surface area (Å²) in [6, 6.07) is 0. The van der Waals surface area contributed by atoms with E-state index in [4.69, 9.17) is 18.9 Å². The van der Waals surface area contributed by atoms with Gasteiger partial charge < -0.3 is 39.4 Å². The molecule has 1 aliphatic rings. The largest absolute Gasteiger partial charge is 0.462 e. The van der Waals surface area contributed by atoms with E-state index in [1.807, 2.05) is 0 Å². The van der Waals surface area contributed by atoms with E-state index in [0.717, 1.165) is 38.5 Å². The molecule has 1 fully saturated rings. The normalized spacial score (nSPS) is 20.4. The van der Waals surface area contributed by atoms with Crippen LogP contribution in [0, 0.1) is 0 Å². The summed E-state index contributed by atoms with van der Waals surface area (Å²) in [5, 5.41) is 40.0. The lowest BCUT2D eigenvalue weighted by molar-refractivity contribution is -0.305. The average molecular weight is 799 g/mol. The predicted molar refractivity (Wildman–Crippen MR) is 224 cm³/mol. The molecule has 0 bridgehead atoms. The lowest BCUT2D eigenvalue weighted by atomic mass is 9.99. The molecule has 10 heteroatoms. The number of aliphatic hydroxyl groups is 4. The van der Waals surface area contributed by atoms with Gasteiger partial charge in [0.15, 0.2) is 12.4 Å². The number of carbonyl (C=O) groups is 2. The van der Waals surface area contributed by atoms with Crippen LogP contribution < -0.4 is 0 Å². The quantitative estimate of drug-likeness (QED) is 0.0269. The lowest BCUT2D eigenvalue weighted by Crippen LogP contribution is -2.59. The van der Waals surface area contributed by atoms with Crippen LogP contribution in [0.2, 0.25) is 0 Å². The molecule has 1 aliphatic heterocycles. The Labute approximate surface area is 341 Å². The Morgan fingerprint density at radius 3 is 1.39 bits per heavy atom. The van der Waals surface area contributed by atoms with Gasteiger partial charge in [0, 0.05) is 12.8 Å². The minimum Gasteiger partial charge on any atom is -0.462 e.